The molecule has 3 rings (SSSR count). The summed E-state index contributed by atoms with van der Waals surface area (Å²) in [7, 11) is 3.32. The molecular weight excluding hydrogens is 481 g/mol. The van der Waals surface area contributed by atoms with Gasteiger partial charge >= 0.3 is 0 Å². The summed E-state index contributed by atoms with van der Waals surface area (Å²) in [5.74, 6) is 0.645. The van der Waals surface area contributed by atoms with Gasteiger partial charge in [-0.3, -0.25) is 14.6 Å². The Kier molecular flexibility index (Phi) is 8.44. The minimum atomic E-state index is -0.112. The maximum absolute atomic E-state index is 12.0. The van der Waals surface area contributed by atoms with Crippen LogP contribution < -0.4 is 21.3 Å². The highest BCUT2D eigenvalue weighted by molar-refractivity contribution is 14.0. The van der Waals surface area contributed by atoms with E-state index in [4.69, 9.17) is 0 Å². The molecule has 1 aliphatic rings. The van der Waals surface area contributed by atoms with Gasteiger partial charge in [-0.2, -0.15) is 0 Å². The number of anilines is 1. The van der Waals surface area contributed by atoms with E-state index in [1.165, 1.54) is 0 Å². The van der Waals surface area contributed by atoms with E-state index >= 15 is 0 Å². The number of aliphatic imine (C=N–C) groups is 1. The van der Waals surface area contributed by atoms with Gasteiger partial charge in [-0.1, -0.05) is 30.3 Å². The zero-order valence-corrected chi connectivity index (χ0v) is 18.8. The normalized spacial score (nSPS) is 15.4. The van der Waals surface area contributed by atoms with Crippen LogP contribution in [0.1, 0.15) is 33.8 Å². The molecule has 2 aromatic rings. The van der Waals surface area contributed by atoms with Crippen molar-refractivity contribution in [3.05, 3.63) is 65.2 Å². The van der Waals surface area contributed by atoms with Gasteiger partial charge in [0.05, 0.1) is 0 Å². The lowest BCUT2D eigenvalue weighted by atomic mass is 9.90. The Morgan fingerprint density at radius 3 is 2.72 bits per heavy atom. The number of hydrogen-bond acceptors (Lipinski definition) is 3. The second-order valence-corrected chi connectivity index (χ2v) is 6.62. The third-order valence-corrected chi connectivity index (χ3v) is 4.72. The Labute approximate surface area is 187 Å². The van der Waals surface area contributed by atoms with Gasteiger partial charge in [0.15, 0.2) is 5.96 Å². The minimum absolute atomic E-state index is 0. The summed E-state index contributed by atoms with van der Waals surface area (Å²) in [6, 6.07) is 15.3. The Hall–Kier alpha value is -2.62. The highest BCUT2D eigenvalue weighted by Crippen LogP contribution is 2.31. The van der Waals surface area contributed by atoms with Gasteiger partial charge in [-0.25, -0.2) is 0 Å². The zero-order valence-electron chi connectivity index (χ0n) is 16.5. The third-order valence-electron chi connectivity index (χ3n) is 4.72. The first-order chi connectivity index (χ1) is 13.6. The van der Waals surface area contributed by atoms with Crippen molar-refractivity contribution in [2.45, 2.75) is 18.9 Å². The summed E-state index contributed by atoms with van der Waals surface area (Å²) in [6.45, 7) is 1.13. The van der Waals surface area contributed by atoms with Gasteiger partial charge in [-0.05, 0) is 29.3 Å². The van der Waals surface area contributed by atoms with Gasteiger partial charge < -0.3 is 21.3 Å². The van der Waals surface area contributed by atoms with E-state index < -0.39 is 0 Å². The number of amides is 2. The number of guanidine groups is 1. The predicted molar refractivity (Wildman–Crippen MR) is 126 cm³/mol. The quantitative estimate of drug-likeness (QED) is 0.284. The van der Waals surface area contributed by atoms with Crippen molar-refractivity contribution < 1.29 is 9.59 Å². The molecule has 0 aliphatic carbocycles. The fourth-order valence-corrected chi connectivity index (χ4v) is 3.28. The van der Waals surface area contributed by atoms with E-state index in [9.17, 15) is 9.59 Å². The number of nitrogens with zero attached hydrogens (tertiary/aromatic N) is 1. The minimum Gasteiger partial charge on any atom is -0.356 e. The number of benzene rings is 2. The number of fused-ring (bicyclic) bond motifs is 1. The molecule has 29 heavy (non-hydrogen) atoms. The molecule has 2 amide bonds. The Morgan fingerprint density at radius 2 is 1.97 bits per heavy atom. The van der Waals surface area contributed by atoms with Crippen molar-refractivity contribution in [2.24, 2.45) is 4.99 Å². The van der Waals surface area contributed by atoms with Gasteiger partial charge in [0.2, 0.25) is 5.91 Å². The molecule has 2 aromatic carbocycles. The van der Waals surface area contributed by atoms with Crippen LogP contribution in [0.3, 0.4) is 0 Å². The first-order valence-corrected chi connectivity index (χ1v) is 9.25. The first kappa shape index (κ1) is 22.7. The van der Waals surface area contributed by atoms with Crippen LogP contribution in [-0.4, -0.2) is 38.4 Å². The van der Waals surface area contributed by atoms with Gasteiger partial charge in [0, 0.05) is 50.8 Å². The largest absolute Gasteiger partial charge is 0.356 e. The number of rotatable bonds is 5. The fraction of sp³-hybridized carbons (Fsp3) is 0.286. The summed E-state index contributed by atoms with van der Waals surface area (Å²) in [5.41, 5.74) is 3.60. The topological polar surface area (TPSA) is 94.6 Å². The second kappa shape index (κ2) is 10.8. The number of hydrogen-bond donors (Lipinski definition) is 4. The molecule has 154 valence electrons. The molecule has 7 nitrogen and oxygen atoms in total. The van der Waals surface area contributed by atoms with Crippen molar-refractivity contribution in [3.63, 3.8) is 0 Å². The van der Waals surface area contributed by atoms with Crippen LogP contribution in [0.2, 0.25) is 0 Å². The number of carbonyl (C=O) groups is 2. The van der Waals surface area contributed by atoms with Crippen LogP contribution in [0.4, 0.5) is 5.69 Å². The number of nitrogens with one attached hydrogen (secondary N) is 4. The Morgan fingerprint density at radius 1 is 1.17 bits per heavy atom. The van der Waals surface area contributed by atoms with Crippen LogP contribution in [0.5, 0.6) is 0 Å². The van der Waals surface area contributed by atoms with Crippen LogP contribution in [0.25, 0.3) is 0 Å². The van der Waals surface area contributed by atoms with E-state index in [-0.39, 0.29) is 41.7 Å². The van der Waals surface area contributed by atoms with Crippen LogP contribution in [0.15, 0.2) is 53.5 Å². The lowest BCUT2D eigenvalue weighted by Crippen LogP contribution is -2.40. The highest BCUT2D eigenvalue weighted by Gasteiger charge is 2.24. The molecule has 1 atom stereocenters. The molecule has 1 heterocycles. The zero-order chi connectivity index (χ0) is 19.9. The number of halogens is 1. The molecular formula is C21H26IN5O2. The van der Waals surface area contributed by atoms with Gasteiger partial charge in [0.25, 0.3) is 5.91 Å². The van der Waals surface area contributed by atoms with Crippen LogP contribution in [0, 0.1) is 0 Å². The SMILES string of the molecule is CN=C(NCc1cccc(C(=O)NC)c1)NCC1CC(=O)Nc2ccccc21.I. The van der Waals surface area contributed by atoms with Gasteiger partial charge in [-0.15, -0.1) is 24.0 Å². The molecule has 0 fully saturated rings. The molecule has 1 unspecified atom stereocenters. The average molecular weight is 507 g/mol. The lowest BCUT2D eigenvalue weighted by Gasteiger charge is -2.26. The smallest absolute Gasteiger partial charge is 0.251 e. The molecule has 8 heteroatoms. The standard InChI is InChI=1S/C21H25N5O2.HI/c1-22-20(28)15-7-5-6-14(10-15)12-24-21(23-2)25-13-16-11-19(27)26-18-9-4-3-8-17(16)18;/h3-10,16H,11-13H2,1-2H3,(H,22,28)(H,26,27)(H2,23,24,25);1H. The summed E-state index contributed by atoms with van der Waals surface area (Å²) in [5, 5.41) is 12.1. The van der Waals surface area contributed by atoms with Crippen molar-refractivity contribution >= 4 is 47.4 Å². The van der Waals surface area contributed by atoms with Crippen molar-refractivity contribution in [1.29, 1.82) is 0 Å². The Bertz CT molecular complexity index is 900. The van der Waals surface area contributed by atoms with Crippen molar-refractivity contribution in [3.8, 4) is 0 Å². The van der Waals surface area contributed by atoms with Crippen molar-refractivity contribution in [2.75, 3.05) is 26.0 Å². The Balaban J connectivity index is 0.00000300. The van der Waals surface area contributed by atoms with E-state index in [2.05, 4.69) is 26.3 Å². The van der Waals surface area contributed by atoms with E-state index in [1.54, 1.807) is 20.2 Å². The van der Waals surface area contributed by atoms with E-state index in [1.807, 2.05) is 42.5 Å². The molecule has 0 bridgehead atoms. The maximum Gasteiger partial charge on any atom is 0.251 e. The fourth-order valence-electron chi connectivity index (χ4n) is 3.28. The number of para-hydroxylation sites is 1. The second-order valence-electron chi connectivity index (χ2n) is 6.62. The molecule has 0 saturated carbocycles. The third kappa shape index (κ3) is 5.93. The summed E-state index contributed by atoms with van der Waals surface area (Å²) in [4.78, 5) is 28.0. The monoisotopic (exact) mass is 507 g/mol. The summed E-state index contributed by atoms with van der Waals surface area (Å²) in [6.07, 6.45) is 0.440. The predicted octanol–water partition coefficient (Wildman–Crippen LogP) is 2.46. The molecule has 0 aromatic heterocycles. The maximum atomic E-state index is 12.0. The summed E-state index contributed by atoms with van der Waals surface area (Å²) < 4.78 is 0. The molecule has 0 radical (unpaired) electrons. The molecule has 1 aliphatic heterocycles. The average Bonchev–Trinajstić information content (AvgIpc) is 2.73. The summed E-state index contributed by atoms with van der Waals surface area (Å²) >= 11 is 0. The first-order valence-electron chi connectivity index (χ1n) is 9.25. The van der Waals surface area contributed by atoms with Gasteiger partial charge in [0.1, 0.15) is 0 Å². The molecule has 0 spiro atoms. The van der Waals surface area contributed by atoms with Crippen LogP contribution >= 0.6 is 24.0 Å². The highest BCUT2D eigenvalue weighted by atomic mass is 127. The van der Waals surface area contributed by atoms with Crippen molar-refractivity contribution in [1.82, 2.24) is 16.0 Å². The molecule has 0 saturated heterocycles. The lowest BCUT2D eigenvalue weighted by molar-refractivity contribution is -0.116. The molecule has 4 N–H and O–H groups in total. The number of carbonyl (C=O) groups excluding carboxylic acids is 2. The van der Waals surface area contributed by atoms with E-state index in [0.717, 1.165) is 16.8 Å². The van der Waals surface area contributed by atoms with Crippen LogP contribution in [-0.2, 0) is 11.3 Å². The van der Waals surface area contributed by atoms with E-state index in [0.29, 0.717) is 31.0 Å².